The highest BCUT2D eigenvalue weighted by Gasteiger charge is 2.04. The number of nitrogens with zero attached hydrogens (tertiary/aromatic N) is 2. The Balaban J connectivity index is 1.49. The molecule has 5 heteroatoms. The molecule has 2 N–H and O–H groups in total. The second-order valence-corrected chi connectivity index (χ2v) is 5.84. The first-order valence-corrected chi connectivity index (χ1v) is 8.02. The Labute approximate surface area is 133 Å². The number of rotatable bonds is 6. The Morgan fingerprint density at radius 2 is 2.14 bits per heavy atom. The predicted molar refractivity (Wildman–Crippen MR) is 90.0 cm³/mol. The molecule has 0 amide bonds. The Morgan fingerprint density at radius 3 is 2.95 bits per heavy atom. The van der Waals surface area contributed by atoms with Gasteiger partial charge < -0.3 is 10.5 Å². The fourth-order valence-corrected chi connectivity index (χ4v) is 2.94. The van der Waals surface area contributed by atoms with Crippen LogP contribution in [0.3, 0.4) is 0 Å². The van der Waals surface area contributed by atoms with Crippen molar-refractivity contribution in [1.82, 2.24) is 9.97 Å². The smallest absolute Gasteiger partial charge is 0.121 e. The zero-order valence-corrected chi connectivity index (χ0v) is 12.9. The van der Waals surface area contributed by atoms with Gasteiger partial charge in [0.15, 0.2) is 0 Å². The Kier molecular flexibility index (Phi) is 4.65. The van der Waals surface area contributed by atoms with Crippen molar-refractivity contribution in [2.45, 2.75) is 12.8 Å². The van der Waals surface area contributed by atoms with Crippen LogP contribution in [-0.2, 0) is 6.42 Å². The molecular weight excluding hydrogens is 294 g/mol. The number of anilines is 1. The van der Waals surface area contributed by atoms with Gasteiger partial charge in [-0.2, -0.15) is 0 Å². The third-order valence-electron chi connectivity index (χ3n) is 3.17. The number of ether oxygens (including phenoxy) is 1. The minimum absolute atomic E-state index is 0.658. The fourth-order valence-electron chi connectivity index (χ4n) is 2.09. The summed E-state index contributed by atoms with van der Waals surface area (Å²) in [6.07, 6.45) is 5.44. The molecule has 0 spiro atoms. The lowest BCUT2D eigenvalue weighted by molar-refractivity contribution is 0.311. The number of hydrogen-bond donors (Lipinski definition) is 1. The highest BCUT2D eigenvalue weighted by molar-refractivity contribution is 7.09. The number of aromatic nitrogens is 2. The SMILES string of the molecule is Nc1cccc(OCCCc2nc(-c3cccnc3)cs2)c1. The van der Waals surface area contributed by atoms with Gasteiger partial charge in [-0.3, -0.25) is 4.98 Å². The number of nitrogens with two attached hydrogens (primary N) is 1. The van der Waals surface area contributed by atoms with Crippen LogP contribution in [0.4, 0.5) is 5.69 Å². The number of hydrogen-bond acceptors (Lipinski definition) is 5. The average Bonchev–Trinajstić information content (AvgIpc) is 3.01. The van der Waals surface area contributed by atoms with E-state index in [0.717, 1.165) is 40.5 Å². The summed E-state index contributed by atoms with van der Waals surface area (Å²) < 4.78 is 5.69. The maximum Gasteiger partial charge on any atom is 0.121 e. The van der Waals surface area contributed by atoms with Crippen LogP contribution < -0.4 is 10.5 Å². The van der Waals surface area contributed by atoms with Crippen molar-refractivity contribution in [2.24, 2.45) is 0 Å². The van der Waals surface area contributed by atoms with Crippen LogP contribution in [0, 0.1) is 0 Å². The van der Waals surface area contributed by atoms with Gasteiger partial charge in [-0.15, -0.1) is 11.3 Å². The van der Waals surface area contributed by atoms with Crippen molar-refractivity contribution in [3.63, 3.8) is 0 Å². The summed E-state index contributed by atoms with van der Waals surface area (Å²) in [5.41, 5.74) is 8.49. The van der Waals surface area contributed by atoms with Crippen LogP contribution in [-0.4, -0.2) is 16.6 Å². The molecule has 0 unspecified atom stereocenters. The van der Waals surface area contributed by atoms with Crippen molar-refractivity contribution in [2.75, 3.05) is 12.3 Å². The monoisotopic (exact) mass is 311 g/mol. The molecular formula is C17H17N3OS. The molecule has 0 aliphatic rings. The van der Waals surface area contributed by atoms with Gasteiger partial charge in [0.2, 0.25) is 0 Å². The molecule has 0 aliphatic heterocycles. The quantitative estimate of drug-likeness (QED) is 0.555. The minimum Gasteiger partial charge on any atom is -0.494 e. The van der Waals surface area contributed by atoms with E-state index in [1.54, 1.807) is 17.5 Å². The van der Waals surface area contributed by atoms with Crippen molar-refractivity contribution >= 4 is 17.0 Å². The van der Waals surface area contributed by atoms with Gasteiger partial charge in [0.25, 0.3) is 0 Å². The van der Waals surface area contributed by atoms with E-state index >= 15 is 0 Å². The zero-order chi connectivity index (χ0) is 15.2. The van der Waals surface area contributed by atoms with Gasteiger partial charge in [-0.25, -0.2) is 4.98 Å². The summed E-state index contributed by atoms with van der Waals surface area (Å²) in [7, 11) is 0. The normalized spacial score (nSPS) is 10.5. The topological polar surface area (TPSA) is 61.0 Å². The van der Waals surface area contributed by atoms with E-state index in [0.29, 0.717) is 6.61 Å². The third-order valence-corrected chi connectivity index (χ3v) is 4.08. The summed E-state index contributed by atoms with van der Waals surface area (Å²) >= 11 is 1.68. The lowest BCUT2D eigenvalue weighted by Gasteiger charge is -2.05. The van der Waals surface area contributed by atoms with Crippen molar-refractivity contribution < 1.29 is 4.74 Å². The number of thiazole rings is 1. The molecule has 112 valence electrons. The molecule has 3 aromatic rings. The highest BCUT2D eigenvalue weighted by Crippen LogP contribution is 2.22. The van der Waals surface area contributed by atoms with Gasteiger partial charge in [0, 0.05) is 41.5 Å². The zero-order valence-electron chi connectivity index (χ0n) is 12.1. The van der Waals surface area contributed by atoms with E-state index in [-0.39, 0.29) is 0 Å². The second-order valence-electron chi connectivity index (χ2n) is 4.89. The number of benzene rings is 1. The fraction of sp³-hybridized carbons (Fsp3) is 0.176. The van der Waals surface area contributed by atoms with Gasteiger partial charge >= 0.3 is 0 Å². The molecule has 3 rings (SSSR count). The summed E-state index contributed by atoms with van der Waals surface area (Å²) in [5.74, 6) is 0.815. The Morgan fingerprint density at radius 1 is 1.18 bits per heavy atom. The largest absolute Gasteiger partial charge is 0.494 e. The molecule has 2 aromatic heterocycles. The van der Waals surface area contributed by atoms with E-state index in [1.807, 2.05) is 42.6 Å². The van der Waals surface area contributed by atoms with E-state index in [2.05, 4.69) is 15.3 Å². The summed E-state index contributed by atoms with van der Waals surface area (Å²) in [6.45, 7) is 0.658. The highest BCUT2D eigenvalue weighted by atomic mass is 32.1. The minimum atomic E-state index is 0.658. The van der Waals surface area contributed by atoms with E-state index in [1.165, 1.54) is 0 Å². The Bertz CT molecular complexity index is 728. The molecule has 1 aromatic carbocycles. The third kappa shape index (κ3) is 3.83. The van der Waals surface area contributed by atoms with Gasteiger partial charge in [0.1, 0.15) is 5.75 Å². The summed E-state index contributed by atoms with van der Waals surface area (Å²) in [6, 6.07) is 11.4. The molecule has 0 bridgehead atoms. The first-order chi connectivity index (χ1) is 10.8. The van der Waals surface area contributed by atoms with E-state index in [4.69, 9.17) is 10.5 Å². The van der Waals surface area contributed by atoms with Gasteiger partial charge in [-0.1, -0.05) is 6.07 Å². The molecule has 0 radical (unpaired) electrons. The first kappa shape index (κ1) is 14.5. The van der Waals surface area contributed by atoms with Crippen molar-refractivity contribution in [3.05, 3.63) is 59.2 Å². The standard InChI is InChI=1S/C17H17N3OS/c18-14-5-1-6-15(10-14)21-9-3-7-17-20-16(12-22-17)13-4-2-8-19-11-13/h1-2,4-6,8,10-12H,3,7,9,18H2. The van der Waals surface area contributed by atoms with Crippen LogP contribution in [0.1, 0.15) is 11.4 Å². The van der Waals surface area contributed by atoms with Crippen LogP contribution in [0.25, 0.3) is 11.3 Å². The molecule has 0 aliphatic carbocycles. The van der Waals surface area contributed by atoms with Gasteiger partial charge in [-0.05, 0) is 30.7 Å². The Hall–Kier alpha value is -2.40. The second kappa shape index (κ2) is 7.04. The van der Waals surface area contributed by atoms with Gasteiger partial charge in [0.05, 0.1) is 17.3 Å². The average molecular weight is 311 g/mol. The molecule has 0 saturated carbocycles. The summed E-state index contributed by atoms with van der Waals surface area (Å²) in [5, 5.41) is 3.19. The van der Waals surface area contributed by atoms with E-state index in [9.17, 15) is 0 Å². The molecule has 0 atom stereocenters. The van der Waals surface area contributed by atoms with Crippen molar-refractivity contribution in [1.29, 1.82) is 0 Å². The molecule has 2 heterocycles. The molecule has 0 fully saturated rings. The lowest BCUT2D eigenvalue weighted by Crippen LogP contribution is -1.99. The van der Waals surface area contributed by atoms with Crippen LogP contribution in [0.2, 0.25) is 0 Å². The number of pyridine rings is 1. The van der Waals surface area contributed by atoms with Crippen LogP contribution in [0.5, 0.6) is 5.75 Å². The van der Waals surface area contributed by atoms with E-state index < -0.39 is 0 Å². The maximum atomic E-state index is 5.72. The van der Waals surface area contributed by atoms with Crippen LogP contribution >= 0.6 is 11.3 Å². The predicted octanol–water partition coefficient (Wildman–Crippen LogP) is 3.80. The summed E-state index contributed by atoms with van der Waals surface area (Å²) in [4.78, 5) is 8.76. The molecule has 4 nitrogen and oxygen atoms in total. The maximum absolute atomic E-state index is 5.72. The number of aryl methyl sites for hydroxylation is 1. The molecule has 22 heavy (non-hydrogen) atoms. The first-order valence-electron chi connectivity index (χ1n) is 7.14. The number of nitrogen functional groups attached to an aromatic ring is 1. The molecule has 0 saturated heterocycles. The van der Waals surface area contributed by atoms with Crippen molar-refractivity contribution in [3.8, 4) is 17.0 Å². The lowest BCUT2D eigenvalue weighted by atomic mass is 10.2. The van der Waals surface area contributed by atoms with Crippen LogP contribution in [0.15, 0.2) is 54.2 Å².